The number of hydrogen-bond donors (Lipinski definition) is 2. The number of amides is 2. The van der Waals surface area contributed by atoms with Gasteiger partial charge in [0, 0.05) is 31.3 Å². The fraction of sp³-hybridized carbons (Fsp3) is 0.355. The molecular weight excluding hydrogens is 526 g/mol. The Bertz CT molecular complexity index is 1630. The van der Waals surface area contributed by atoms with E-state index < -0.39 is 6.09 Å². The molecule has 0 unspecified atom stereocenters. The van der Waals surface area contributed by atoms with Crippen LogP contribution in [0.1, 0.15) is 43.4 Å². The molecule has 0 atom stereocenters. The quantitative estimate of drug-likeness (QED) is 0.246. The average molecular weight is 560 g/mol. The van der Waals surface area contributed by atoms with Crippen molar-refractivity contribution in [3.8, 4) is 17.2 Å². The third kappa shape index (κ3) is 6.77. The van der Waals surface area contributed by atoms with Gasteiger partial charge in [-0.2, -0.15) is 0 Å². The highest BCUT2D eigenvalue weighted by molar-refractivity contribution is 5.93. The second-order valence-electron chi connectivity index (χ2n) is 10.4. The van der Waals surface area contributed by atoms with E-state index in [9.17, 15) is 14.4 Å². The van der Waals surface area contributed by atoms with Crippen molar-refractivity contribution in [2.24, 2.45) is 0 Å². The molecular formula is C31H33N3O7. The van der Waals surface area contributed by atoms with Crippen LogP contribution >= 0.6 is 0 Å². The smallest absolute Gasteiger partial charge is 0.407 e. The molecule has 2 aromatic carbocycles. The first-order valence-corrected chi connectivity index (χ1v) is 13.8. The Labute approximate surface area is 236 Å². The summed E-state index contributed by atoms with van der Waals surface area (Å²) in [6.45, 7) is 2.10. The van der Waals surface area contributed by atoms with Crippen LogP contribution in [0.5, 0.6) is 17.2 Å². The molecule has 5 rings (SSSR count). The largest absolute Gasteiger partial charge is 0.488 e. The van der Waals surface area contributed by atoms with E-state index in [0.29, 0.717) is 52.5 Å². The summed E-state index contributed by atoms with van der Waals surface area (Å²) in [7, 11) is 1.45. The van der Waals surface area contributed by atoms with E-state index in [1.54, 1.807) is 42.6 Å². The fourth-order valence-corrected chi connectivity index (χ4v) is 4.97. The first-order valence-electron chi connectivity index (χ1n) is 13.8. The Morgan fingerprint density at radius 2 is 1.88 bits per heavy atom. The van der Waals surface area contributed by atoms with Gasteiger partial charge in [0.25, 0.3) is 0 Å². The van der Waals surface area contributed by atoms with Crippen molar-refractivity contribution in [2.75, 3.05) is 20.2 Å². The molecule has 2 aromatic heterocycles. The van der Waals surface area contributed by atoms with Gasteiger partial charge in [-0.25, -0.2) is 4.79 Å². The van der Waals surface area contributed by atoms with Gasteiger partial charge in [0.1, 0.15) is 23.7 Å². The minimum atomic E-state index is -1.06. The normalized spacial score (nSPS) is 13.4. The lowest BCUT2D eigenvalue weighted by atomic mass is 10.1. The van der Waals surface area contributed by atoms with Crippen LogP contribution in [0.4, 0.5) is 4.79 Å². The van der Waals surface area contributed by atoms with Gasteiger partial charge in [0.2, 0.25) is 11.3 Å². The van der Waals surface area contributed by atoms with Crippen LogP contribution in [-0.4, -0.2) is 53.2 Å². The van der Waals surface area contributed by atoms with Crippen LogP contribution in [0.3, 0.4) is 0 Å². The van der Waals surface area contributed by atoms with Crippen LogP contribution in [0.25, 0.3) is 21.9 Å². The Kier molecular flexibility index (Phi) is 8.37. The second kappa shape index (κ2) is 12.3. The average Bonchev–Trinajstić information content (AvgIpc) is 3.46. The summed E-state index contributed by atoms with van der Waals surface area (Å²) in [6.07, 6.45) is 5.96. The first kappa shape index (κ1) is 27.9. The highest BCUT2D eigenvalue weighted by atomic mass is 16.5. The van der Waals surface area contributed by atoms with E-state index in [2.05, 4.69) is 10.3 Å². The molecule has 1 fully saturated rings. The number of nitrogens with one attached hydrogen (secondary N) is 1. The SMILES string of the molecule is Cc1cc(OCCN(C)C(=O)O)c2oc3cc(Oc4ccc(CCC(=O)NC5CCCC5)nc4)ccc3c(=O)c2c1. The van der Waals surface area contributed by atoms with E-state index in [4.69, 9.17) is 19.0 Å². The van der Waals surface area contributed by atoms with Crippen molar-refractivity contribution in [2.45, 2.75) is 51.5 Å². The molecule has 2 heterocycles. The van der Waals surface area contributed by atoms with Crippen molar-refractivity contribution in [3.63, 3.8) is 0 Å². The number of carbonyl (C=O) groups is 2. The minimum Gasteiger partial charge on any atom is -0.488 e. The molecule has 0 aliphatic heterocycles. The van der Waals surface area contributed by atoms with Gasteiger partial charge in [-0.05, 0) is 68.1 Å². The van der Waals surface area contributed by atoms with Crippen LogP contribution in [-0.2, 0) is 11.2 Å². The third-order valence-electron chi connectivity index (χ3n) is 7.23. The molecule has 10 nitrogen and oxygen atoms in total. The zero-order valence-electron chi connectivity index (χ0n) is 23.1. The zero-order valence-corrected chi connectivity index (χ0v) is 23.1. The van der Waals surface area contributed by atoms with Crippen molar-refractivity contribution >= 4 is 33.9 Å². The van der Waals surface area contributed by atoms with E-state index >= 15 is 0 Å². The number of pyridine rings is 1. The number of nitrogens with zero attached hydrogens (tertiary/aromatic N) is 2. The van der Waals surface area contributed by atoms with Gasteiger partial charge in [0.05, 0.1) is 23.5 Å². The van der Waals surface area contributed by atoms with Crippen molar-refractivity contribution < 1.29 is 28.6 Å². The van der Waals surface area contributed by atoms with E-state index in [1.165, 1.54) is 19.9 Å². The lowest BCUT2D eigenvalue weighted by Crippen LogP contribution is -2.32. The lowest BCUT2D eigenvalue weighted by molar-refractivity contribution is -0.121. The monoisotopic (exact) mass is 559 g/mol. The summed E-state index contributed by atoms with van der Waals surface area (Å²) in [5.74, 6) is 1.39. The summed E-state index contributed by atoms with van der Waals surface area (Å²) in [5, 5.41) is 12.9. The summed E-state index contributed by atoms with van der Waals surface area (Å²) in [6, 6.07) is 12.4. The molecule has 4 aromatic rings. The van der Waals surface area contributed by atoms with Gasteiger partial charge < -0.3 is 29.2 Å². The maximum Gasteiger partial charge on any atom is 0.407 e. The number of carboxylic acid groups (broad SMARTS) is 1. The van der Waals surface area contributed by atoms with E-state index in [-0.39, 0.29) is 30.1 Å². The van der Waals surface area contributed by atoms with Gasteiger partial charge in [-0.15, -0.1) is 0 Å². The fourth-order valence-electron chi connectivity index (χ4n) is 4.97. The van der Waals surface area contributed by atoms with E-state index in [0.717, 1.165) is 29.0 Å². The molecule has 10 heteroatoms. The summed E-state index contributed by atoms with van der Waals surface area (Å²) >= 11 is 0. The Morgan fingerprint density at radius 1 is 1.10 bits per heavy atom. The molecule has 214 valence electrons. The van der Waals surface area contributed by atoms with Gasteiger partial charge in [0.15, 0.2) is 11.3 Å². The number of carbonyl (C=O) groups excluding carboxylic acids is 1. The van der Waals surface area contributed by atoms with Crippen LogP contribution in [0.2, 0.25) is 0 Å². The predicted molar refractivity (Wildman–Crippen MR) is 154 cm³/mol. The number of likely N-dealkylation sites (N-methyl/N-ethyl adjacent to an activating group) is 1. The highest BCUT2D eigenvalue weighted by Crippen LogP contribution is 2.31. The molecule has 1 saturated carbocycles. The van der Waals surface area contributed by atoms with Crippen molar-refractivity contribution in [1.29, 1.82) is 0 Å². The van der Waals surface area contributed by atoms with Crippen LogP contribution in [0, 0.1) is 6.92 Å². The van der Waals surface area contributed by atoms with Gasteiger partial charge in [-0.3, -0.25) is 14.6 Å². The standard InChI is InChI=1S/C31H33N3O7/c1-19-15-25-29(36)24-11-10-22(17-26(24)41-30(25)27(16-19)39-14-13-34(2)31(37)38)40-23-9-7-20(32-18-23)8-12-28(35)33-21-5-3-4-6-21/h7,9-11,15-18,21H,3-6,8,12-14H2,1-2H3,(H,33,35)(H,37,38). The number of fused-ring (bicyclic) bond motifs is 2. The molecule has 2 amide bonds. The number of rotatable bonds is 10. The summed E-state index contributed by atoms with van der Waals surface area (Å²) < 4.78 is 17.9. The first-order chi connectivity index (χ1) is 19.8. The molecule has 1 aliphatic carbocycles. The Balaban J connectivity index is 1.29. The zero-order chi connectivity index (χ0) is 28.9. The summed E-state index contributed by atoms with van der Waals surface area (Å²) in [4.78, 5) is 42.1. The number of aryl methyl sites for hydroxylation is 2. The van der Waals surface area contributed by atoms with Crippen molar-refractivity contribution in [1.82, 2.24) is 15.2 Å². The number of ether oxygens (including phenoxy) is 2. The number of aromatic nitrogens is 1. The highest BCUT2D eigenvalue weighted by Gasteiger charge is 2.17. The Morgan fingerprint density at radius 3 is 2.61 bits per heavy atom. The van der Waals surface area contributed by atoms with Gasteiger partial charge >= 0.3 is 6.09 Å². The molecule has 2 N–H and O–H groups in total. The van der Waals surface area contributed by atoms with Crippen LogP contribution < -0.4 is 20.2 Å². The molecule has 41 heavy (non-hydrogen) atoms. The molecule has 0 spiro atoms. The van der Waals surface area contributed by atoms with E-state index in [1.807, 2.05) is 13.0 Å². The second-order valence-corrected chi connectivity index (χ2v) is 10.4. The topological polar surface area (TPSA) is 131 Å². The number of hydrogen-bond acceptors (Lipinski definition) is 7. The minimum absolute atomic E-state index is 0.0560. The maximum absolute atomic E-state index is 13.3. The third-order valence-corrected chi connectivity index (χ3v) is 7.23. The van der Waals surface area contributed by atoms with Crippen LogP contribution in [0.15, 0.2) is 57.9 Å². The maximum atomic E-state index is 13.3. The number of benzene rings is 2. The van der Waals surface area contributed by atoms with Gasteiger partial charge in [-0.1, -0.05) is 12.8 Å². The molecule has 0 bridgehead atoms. The molecule has 0 saturated heterocycles. The van der Waals surface area contributed by atoms with Crippen molar-refractivity contribution in [3.05, 3.63) is 70.1 Å². The summed E-state index contributed by atoms with van der Waals surface area (Å²) in [5.41, 5.74) is 2.02. The molecule has 1 aliphatic rings. The lowest BCUT2D eigenvalue weighted by Gasteiger charge is -2.15. The predicted octanol–water partition coefficient (Wildman–Crippen LogP) is 5.42. The molecule has 0 radical (unpaired) electrons. The Hall–Kier alpha value is -4.60.